The smallest absolute Gasteiger partial charge is 0.356 e. The third kappa shape index (κ3) is 2.55. The maximum Gasteiger partial charge on any atom is 0.356 e. The van der Waals surface area contributed by atoms with Crippen LogP contribution < -0.4 is 4.74 Å². The van der Waals surface area contributed by atoms with Crippen LogP contribution in [-0.2, 0) is 4.74 Å². The second kappa shape index (κ2) is 5.14. The fraction of sp³-hybridized carbons (Fsp3) is 0.167. The van der Waals surface area contributed by atoms with Crippen LogP contribution in [0.2, 0.25) is 0 Å². The van der Waals surface area contributed by atoms with Crippen LogP contribution in [0, 0.1) is 0 Å². The number of pyridine rings is 1. The average molecular weight is 296 g/mol. The van der Waals surface area contributed by atoms with Gasteiger partial charge in [-0.1, -0.05) is 6.07 Å². The minimum atomic E-state index is -0.437. The fourth-order valence-electron chi connectivity index (χ4n) is 1.49. The van der Waals surface area contributed by atoms with Gasteiger partial charge in [-0.05, 0) is 39.5 Å². The van der Waals surface area contributed by atoms with Crippen LogP contribution in [0.25, 0.3) is 10.8 Å². The molecule has 0 aliphatic rings. The molecule has 17 heavy (non-hydrogen) atoms. The number of aromatic nitrogens is 1. The fourth-order valence-corrected chi connectivity index (χ4v) is 1.75. The molecule has 0 N–H and O–H groups in total. The molecule has 4 nitrogen and oxygen atoms in total. The molecule has 0 spiro atoms. The number of benzene rings is 1. The average Bonchev–Trinajstić information content (AvgIpc) is 2.37. The second-order valence-corrected chi connectivity index (χ2v) is 3.78. The molecule has 1 aromatic heterocycles. The molecular formula is C12H10BrNO3. The molecule has 5 heteroatoms. The van der Waals surface area contributed by atoms with Gasteiger partial charge < -0.3 is 9.47 Å². The van der Waals surface area contributed by atoms with Crippen LogP contribution in [-0.4, -0.2) is 23.6 Å². The van der Waals surface area contributed by atoms with Gasteiger partial charge in [-0.2, -0.15) is 0 Å². The Bertz CT molecular complexity index is 556. The zero-order chi connectivity index (χ0) is 12.3. The normalized spacial score (nSPS) is 10.2. The summed E-state index contributed by atoms with van der Waals surface area (Å²) in [5.41, 5.74) is 0.737. The molecule has 1 aromatic carbocycles. The largest absolute Gasteiger partial charge is 0.482 e. The Morgan fingerprint density at radius 2 is 2.18 bits per heavy atom. The summed E-state index contributed by atoms with van der Waals surface area (Å²) in [6.45, 7) is 0. The Kier molecular flexibility index (Phi) is 3.58. The van der Waals surface area contributed by atoms with Gasteiger partial charge in [0, 0.05) is 11.6 Å². The number of methoxy groups -OCH3 is 1. The van der Waals surface area contributed by atoms with Gasteiger partial charge in [0.25, 0.3) is 0 Å². The lowest BCUT2D eigenvalue weighted by atomic mass is 10.1. The van der Waals surface area contributed by atoms with Crippen LogP contribution in [0.4, 0.5) is 0 Å². The molecule has 0 bridgehead atoms. The highest BCUT2D eigenvalue weighted by molar-refractivity contribution is 9.09. The van der Waals surface area contributed by atoms with Crippen molar-refractivity contribution in [1.82, 2.24) is 4.98 Å². The Hall–Kier alpha value is -1.62. The molecule has 2 aromatic rings. The van der Waals surface area contributed by atoms with E-state index in [4.69, 9.17) is 4.74 Å². The number of esters is 1. The number of nitrogens with zero attached hydrogens (tertiary/aromatic N) is 1. The number of alkyl halides is 1. The van der Waals surface area contributed by atoms with Gasteiger partial charge in [0.1, 0.15) is 17.0 Å². The van der Waals surface area contributed by atoms with Crippen LogP contribution >= 0.6 is 15.9 Å². The van der Waals surface area contributed by atoms with Crippen molar-refractivity contribution in [3.05, 3.63) is 36.2 Å². The molecule has 0 aliphatic heterocycles. The van der Waals surface area contributed by atoms with Crippen LogP contribution in [0.5, 0.6) is 5.75 Å². The minimum absolute atomic E-state index is 0.300. The lowest BCUT2D eigenvalue weighted by molar-refractivity contribution is 0.0594. The highest BCUT2D eigenvalue weighted by atomic mass is 79.9. The van der Waals surface area contributed by atoms with E-state index in [-0.39, 0.29) is 0 Å². The third-order valence-electron chi connectivity index (χ3n) is 2.31. The van der Waals surface area contributed by atoms with Gasteiger partial charge in [-0.3, -0.25) is 0 Å². The van der Waals surface area contributed by atoms with E-state index in [9.17, 15) is 4.79 Å². The Morgan fingerprint density at radius 1 is 1.35 bits per heavy atom. The van der Waals surface area contributed by atoms with E-state index < -0.39 is 5.97 Å². The van der Waals surface area contributed by atoms with E-state index in [1.54, 1.807) is 12.3 Å². The standard InChI is InChI=1S/C12H10BrNO3/c1-16-12(15)11-5-8-2-3-10(17-7-13)4-9(8)6-14-11/h2-6H,7H2,1H3. The first-order valence-corrected chi connectivity index (χ1v) is 6.03. The molecule has 0 unspecified atom stereocenters. The quantitative estimate of drug-likeness (QED) is 0.645. The predicted molar refractivity (Wildman–Crippen MR) is 67.5 cm³/mol. The number of carbonyl (C=O) groups excluding carboxylic acids is 1. The molecule has 0 aliphatic carbocycles. The summed E-state index contributed by atoms with van der Waals surface area (Å²) in [4.78, 5) is 15.3. The monoisotopic (exact) mass is 295 g/mol. The summed E-state index contributed by atoms with van der Waals surface area (Å²) in [5, 5.41) is 1.83. The molecule has 0 fully saturated rings. The van der Waals surface area contributed by atoms with Gasteiger partial charge in [-0.15, -0.1) is 0 Å². The number of halogens is 1. The Balaban J connectivity index is 2.43. The zero-order valence-electron chi connectivity index (χ0n) is 9.14. The number of carbonyl (C=O) groups is 1. The first kappa shape index (κ1) is 11.9. The van der Waals surface area contributed by atoms with Crippen LogP contribution in [0.15, 0.2) is 30.5 Å². The van der Waals surface area contributed by atoms with Gasteiger partial charge in [-0.25, -0.2) is 9.78 Å². The van der Waals surface area contributed by atoms with Gasteiger partial charge >= 0.3 is 5.97 Å². The molecule has 2 rings (SSSR count). The van der Waals surface area contributed by atoms with E-state index in [1.807, 2.05) is 18.2 Å². The van der Waals surface area contributed by atoms with Gasteiger partial charge in [0.2, 0.25) is 0 Å². The van der Waals surface area contributed by atoms with Crippen molar-refractivity contribution in [3.8, 4) is 5.75 Å². The molecule has 0 saturated carbocycles. The predicted octanol–water partition coefficient (Wildman–Crippen LogP) is 2.75. The highest BCUT2D eigenvalue weighted by Gasteiger charge is 2.07. The third-order valence-corrected chi connectivity index (χ3v) is 2.54. The van der Waals surface area contributed by atoms with E-state index >= 15 is 0 Å². The van der Waals surface area contributed by atoms with Crippen molar-refractivity contribution in [2.45, 2.75) is 0 Å². The number of hydrogen-bond acceptors (Lipinski definition) is 4. The number of hydrogen-bond donors (Lipinski definition) is 0. The number of fused-ring (bicyclic) bond motifs is 1. The number of ether oxygens (including phenoxy) is 2. The molecular weight excluding hydrogens is 286 g/mol. The number of rotatable bonds is 3. The molecule has 88 valence electrons. The molecule has 0 atom stereocenters. The summed E-state index contributed by atoms with van der Waals surface area (Å²) < 4.78 is 9.93. The van der Waals surface area contributed by atoms with Gasteiger partial charge in [0.15, 0.2) is 0 Å². The van der Waals surface area contributed by atoms with Crippen molar-refractivity contribution in [2.24, 2.45) is 0 Å². The van der Waals surface area contributed by atoms with Crippen LogP contribution in [0.3, 0.4) is 0 Å². The first-order chi connectivity index (χ1) is 8.24. The van der Waals surface area contributed by atoms with E-state index in [0.29, 0.717) is 11.2 Å². The van der Waals surface area contributed by atoms with E-state index in [0.717, 1.165) is 16.5 Å². The minimum Gasteiger partial charge on any atom is -0.482 e. The van der Waals surface area contributed by atoms with Crippen molar-refractivity contribution >= 4 is 32.7 Å². The Labute approximate surface area is 107 Å². The molecule has 0 saturated heterocycles. The van der Waals surface area contributed by atoms with Crippen molar-refractivity contribution in [2.75, 3.05) is 12.6 Å². The first-order valence-electron chi connectivity index (χ1n) is 4.91. The molecule has 1 heterocycles. The van der Waals surface area contributed by atoms with Crippen LogP contribution in [0.1, 0.15) is 10.5 Å². The Morgan fingerprint density at radius 3 is 2.88 bits per heavy atom. The maximum atomic E-state index is 11.3. The second-order valence-electron chi connectivity index (χ2n) is 3.32. The summed E-state index contributed by atoms with van der Waals surface area (Å²) >= 11 is 3.19. The maximum absolute atomic E-state index is 11.3. The van der Waals surface area contributed by atoms with Gasteiger partial charge in [0.05, 0.1) is 7.11 Å². The SMILES string of the molecule is COC(=O)c1cc2ccc(OCBr)cc2cn1. The molecule has 0 radical (unpaired) electrons. The molecule has 0 amide bonds. The zero-order valence-corrected chi connectivity index (χ0v) is 10.7. The summed E-state index contributed by atoms with van der Waals surface area (Å²) in [5.74, 6) is 0.315. The lowest BCUT2D eigenvalue weighted by Gasteiger charge is -2.04. The highest BCUT2D eigenvalue weighted by Crippen LogP contribution is 2.21. The van der Waals surface area contributed by atoms with Crippen molar-refractivity contribution in [3.63, 3.8) is 0 Å². The summed E-state index contributed by atoms with van der Waals surface area (Å²) in [6.07, 6.45) is 1.63. The summed E-state index contributed by atoms with van der Waals surface area (Å²) in [6, 6.07) is 7.27. The van der Waals surface area contributed by atoms with E-state index in [1.165, 1.54) is 7.11 Å². The van der Waals surface area contributed by atoms with Crippen molar-refractivity contribution < 1.29 is 14.3 Å². The summed E-state index contributed by atoms with van der Waals surface area (Å²) in [7, 11) is 1.33. The van der Waals surface area contributed by atoms with Crippen molar-refractivity contribution in [1.29, 1.82) is 0 Å². The lowest BCUT2D eigenvalue weighted by Crippen LogP contribution is -2.03. The topological polar surface area (TPSA) is 48.4 Å². The van der Waals surface area contributed by atoms with E-state index in [2.05, 4.69) is 25.7 Å².